The molecular formula is C11H11N2O3+. The highest BCUT2D eigenvalue weighted by atomic mass is 16.5. The largest absolute Gasteiger partial charge is 0.497 e. The Morgan fingerprint density at radius 2 is 2.31 bits per heavy atom. The van der Waals surface area contributed by atoms with Crippen LogP contribution in [-0.2, 0) is 11.3 Å². The molecule has 2 aromatic rings. The Bertz CT molecular complexity index is 540. The molecule has 0 aliphatic heterocycles. The van der Waals surface area contributed by atoms with Crippen LogP contribution < -0.4 is 9.42 Å². The van der Waals surface area contributed by atoms with Gasteiger partial charge in [-0.15, -0.1) is 0 Å². The Morgan fingerprint density at radius 3 is 3.00 bits per heavy atom. The van der Waals surface area contributed by atoms with E-state index in [1.165, 1.54) is 4.68 Å². The number of aliphatic carboxylic acids is 1. The van der Waals surface area contributed by atoms with Gasteiger partial charge >= 0.3 is 5.97 Å². The van der Waals surface area contributed by atoms with E-state index in [0.717, 1.165) is 16.7 Å². The van der Waals surface area contributed by atoms with E-state index in [2.05, 4.69) is 5.10 Å². The minimum atomic E-state index is -0.912. The quantitative estimate of drug-likeness (QED) is 0.768. The summed E-state index contributed by atoms with van der Waals surface area (Å²) in [4.78, 5) is 10.5. The summed E-state index contributed by atoms with van der Waals surface area (Å²) >= 11 is 0. The van der Waals surface area contributed by atoms with E-state index in [4.69, 9.17) is 9.84 Å². The SMILES string of the molecule is COc1ccc2n[n+](CC(=O)O)ccc2c1. The molecule has 0 aliphatic carbocycles. The molecule has 5 heteroatoms. The Hall–Kier alpha value is -2.17. The smallest absolute Gasteiger partial charge is 0.372 e. The molecule has 2 rings (SSSR count). The highest BCUT2D eigenvalue weighted by molar-refractivity contribution is 5.78. The van der Waals surface area contributed by atoms with Crippen LogP contribution in [0.1, 0.15) is 0 Å². The number of rotatable bonds is 3. The second-order valence-electron chi connectivity index (χ2n) is 3.33. The van der Waals surface area contributed by atoms with Crippen LogP contribution in [0.2, 0.25) is 0 Å². The topological polar surface area (TPSA) is 63.3 Å². The summed E-state index contributed by atoms with van der Waals surface area (Å²) in [6, 6.07) is 7.26. The molecule has 1 aromatic heterocycles. The van der Waals surface area contributed by atoms with Crippen molar-refractivity contribution < 1.29 is 19.3 Å². The lowest BCUT2D eigenvalue weighted by molar-refractivity contribution is -0.741. The van der Waals surface area contributed by atoms with Crippen molar-refractivity contribution in [3.05, 3.63) is 30.5 Å². The van der Waals surface area contributed by atoms with Crippen LogP contribution in [-0.4, -0.2) is 23.3 Å². The van der Waals surface area contributed by atoms with Crippen molar-refractivity contribution >= 4 is 16.9 Å². The maximum absolute atomic E-state index is 10.5. The van der Waals surface area contributed by atoms with Crippen molar-refractivity contribution in [3.8, 4) is 5.75 Å². The summed E-state index contributed by atoms with van der Waals surface area (Å²) in [5.74, 6) is -0.157. The number of ether oxygens (including phenoxy) is 1. The lowest BCUT2D eigenvalue weighted by Gasteiger charge is -2.00. The first-order chi connectivity index (χ1) is 7.69. The minimum Gasteiger partial charge on any atom is -0.497 e. The number of hydrogen-bond acceptors (Lipinski definition) is 3. The second-order valence-corrected chi connectivity index (χ2v) is 3.33. The van der Waals surface area contributed by atoms with Gasteiger partial charge in [0.05, 0.1) is 7.11 Å². The number of methoxy groups -OCH3 is 1. The Labute approximate surface area is 91.9 Å². The first kappa shape index (κ1) is 10.4. The summed E-state index contributed by atoms with van der Waals surface area (Å²) in [7, 11) is 1.60. The number of carbonyl (C=O) groups is 1. The number of nitrogens with zero attached hydrogens (tertiary/aromatic N) is 2. The Morgan fingerprint density at radius 1 is 1.50 bits per heavy atom. The molecule has 0 radical (unpaired) electrons. The minimum absolute atomic E-state index is 0.137. The predicted molar refractivity (Wildman–Crippen MR) is 56.1 cm³/mol. The fourth-order valence-corrected chi connectivity index (χ4v) is 1.45. The van der Waals surface area contributed by atoms with Crippen LogP contribution in [0.25, 0.3) is 10.9 Å². The van der Waals surface area contributed by atoms with Gasteiger partial charge in [0.25, 0.3) is 6.54 Å². The molecule has 5 nitrogen and oxygen atoms in total. The third kappa shape index (κ3) is 2.08. The molecule has 16 heavy (non-hydrogen) atoms. The van der Waals surface area contributed by atoms with E-state index >= 15 is 0 Å². The molecule has 1 aromatic carbocycles. The lowest BCUT2D eigenvalue weighted by Crippen LogP contribution is -2.41. The van der Waals surface area contributed by atoms with E-state index in [9.17, 15) is 4.79 Å². The van der Waals surface area contributed by atoms with Gasteiger partial charge in [0.2, 0.25) is 0 Å². The van der Waals surface area contributed by atoms with Gasteiger partial charge < -0.3 is 9.84 Å². The molecule has 0 saturated carbocycles. The van der Waals surface area contributed by atoms with Gasteiger partial charge in [0.1, 0.15) is 11.3 Å². The van der Waals surface area contributed by atoms with Crippen molar-refractivity contribution in [2.75, 3.05) is 7.11 Å². The number of fused-ring (bicyclic) bond motifs is 1. The summed E-state index contributed by atoms with van der Waals surface area (Å²) < 4.78 is 6.47. The van der Waals surface area contributed by atoms with E-state index in [1.807, 2.05) is 12.1 Å². The normalized spacial score (nSPS) is 10.3. The molecule has 0 unspecified atom stereocenters. The summed E-state index contributed by atoms with van der Waals surface area (Å²) in [5, 5.41) is 13.7. The third-order valence-electron chi connectivity index (χ3n) is 2.19. The Balaban J connectivity index is 2.43. The van der Waals surface area contributed by atoms with Crippen LogP contribution >= 0.6 is 0 Å². The molecule has 0 bridgehead atoms. The fraction of sp³-hybridized carbons (Fsp3) is 0.182. The number of aromatic nitrogens is 2. The number of benzene rings is 1. The molecule has 82 valence electrons. The van der Waals surface area contributed by atoms with Crippen LogP contribution in [0.4, 0.5) is 0 Å². The van der Waals surface area contributed by atoms with Gasteiger partial charge in [-0.3, -0.25) is 0 Å². The average Bonchev–Trinajstić information content (AvgIpc) is 2.27. The van der Waals surface area contributed by atoms with Crippen molar-refractivity contribution in [3.63, 3.8) is 0 Å². The molecule has 0 amide bonds. The van der Waals surface area contributed by atoms with Gasteiger partial charge in [0, 0.05) is 16.6 Å². The van der Waals surface area contributed by atoms with E-state index in [1.54, 1.807) is 25.4 Å². The molecular weight excluding hydrogens is 208 g/mol. The average molecular weight is 219 g/mol. The molecule has 1 N–H and O–H groups in total. The Kier molecular flexibility index (Phi) is 2.68. The zero-order valence-electron chi connectivity index (χ0n) is 8.75. The molecule has 0 fully saturated rings. The van der Waals surface area contributed by atoms with E-state index in [0.29, 0.717) is 0 Å². The molecule has 1 heterocycles. The van der Waals surface area contributed by atoms with Gasteiger partial charge in [-0.25, -0.2) is 4.79 Å². The number of hydrogen-bond donors (Lipinski definition) is 1. The predicted octanol–water partition coefficient (Wildman–Crippen LogP) is 0.615. The van der Waals surface area contributed by atoms with Crippen LogP contribution in [0.3, 0.4) is 0 Å². The number of carboxylic acids is 1. The maximum Gasteiger partial charge on any atom is 0.372 e. The standard InChI is InChI=1S/C11H10N2O3/c1-16-9-2-3-10-8(6-9)4-5-13(12-10)7-11(14)15/h2-6H,7H2,1H3/p+1. The summed E-state index contributed by atoms with van der Waals surface area (Å²) in [6.07, 6.45) is 1.63. The van der Waals surface area contributed by atoms with E-state index in [-0.39, 0.29) is 6.54 Å². The maximum atomic E-state index is 10.5. The van der Waals surface area contributed by atoms with Gasteiger partial charge in [-0.2, -0.15) is 0 Å². The van der Waals surface area contributed by atoms with Crippen LogP contribution in [0.15, 0.2) is 30.5 Å². The zero-order valence-corrected chi connectivity index (χ0v) is 8.75. The highest BCUT2D eigenvalue weighted by Gasteiger charge is 2.10. The van der Waals surface area contributed by atoms with Crippen molar-refractivity contribution in [2.45, 2.75) is 6.54 Å². The van der Waals surface area contributed by atoms with Gasteiger partial charge in [-0.05, 0) is 18.2 Å². The zero-order chi connectivity index (χ0) is 11.5. The first-order valence-corrected chi connectivity index (χ1v) is 4.75. The monoisotopic (exact) mass is 219 g/mol. The van der Waals surface area contributed by atoms with E-state index < -0.39 is 5.97 Å². The molecule has 0 spiro atoms. The van der Waals surface area contributed by atoms with Crippen molar-refractivity contribution in [1.29, 1.82) is 0 Å². The lowest BCUT2D eigenvalue weighted by atomic mass is 10.2. The number of carboxylic acid groups (broad SMARTS) is 1. The summed E-state index contributed by atoms with van der Waals surface area (Å²) in [6.45, 7) is -0.137. The molecule has 0 saturated heterocycles. The highest BCUT2D eigenvalue weighted by Crippen LogP contribution is 2.17. The molecule has 0 atom stereocenters. The first-order valence-electron chi connectivity index (χ1n) is 4.75. The van der Waals surface area contributed by atoms with Crippen LogP contribution in [0, 0.1) is 0 Å². The van der Waals surface area contributed by atoms with Crippen molar-refractivity contribution in [1.82, 2.24) is 5.10 Å². The van der Waals surface area contributed by atoms with Gasteiger partial charge in [-0.1, -0.05) is 4.68 Å². The van der Waals surface area contributed by atoms with Gasteiger partial charge in [0.15, 0.2) is 6.20 Å². The van der Waals surface area contributed by atoms with Crippen LogP contribution in [0.5, 0.6) is 5.75 Å². The second kappa shape index (κ2) is 4.14. The third-order valence-corrected chi connectivity index (χ3v) is 2.19. The molecule has 0 aliphatic rings. The van der Waals surface area contributed by atoms with Crippen molar-refractivity contribution in [2.24, 2.45) is 0 Å². The summed E-state index contributed by atoms with van der Waals surface area (Å²) in [5.41, 5.74) is 0.740. The fourth-order valence-electron chi connectivity index (χ4n) is 1.45.